The van der Waals surface area contributed by atoms with E-state index in [0.717, 1.165) is 16.7 Å². The van der Waals surface area contributed by atoms with Crippen LogP contribution < -0.4 is 4.74 Å². The number of methoxy groups -OCH3 is 1. The maximum absolute atomic E-state index is 12.2. The van der Waals surface area contributed by atoms with E-state index in [0.29, 0.717) is 11.3 Å². The molecule has 0 atom stereocenters. The third-order valence-corrected chi connectivity index (χ3v) is 3.80. The van der Waals surface area contributed by atoms with Gasteiger partial charge < -0.3 is 9.47 Å². The second-order valence-corrected chi connectivity index (χ2v) is 5.31. The number of rotatable bonds is 5. The van der Waals surface area contributed by atoms with Gasteiger partial charge in [-0.1, -0.05) is 18.2 Å². The number of hydrogen-bond acceptors (Lipinski definition) is 6. The van der Waals surface area contributed by atoms with Crippen molar-refractivity contribution in [3.05, 3.63) is 34.7 Å². The summed E-state index contributed by atoms with van der Waals surface area (Å²) in [6.07, 6.45) is 1.58. The lowest BCUT2D eigenvalue weighted by Gasteiger charge is -2.10. The predicted octanol–water partition coefficient (Wildman–Crippen LogP) is 2.29. The van der Waals surface area contributed by atoms with Crippen LogP contribution in [-0.4, -0.2) is 42.3 Å². The van der Waals surface area contributed by atoms with Crippen LogP contribution in [0.25, 0.3) is 6.08 Å². The van der Waals surface area contributed by atoms with E-state index in [4.69, 9.17) is 9.47 Å². The number of esters is 1. The highest BCUT2D eigenvalue weighted by Crippen LogP contribution is 2.33. The normalized spacial score (nSPS) is 16.3. The molecule has 2 amide bonds. The minimum absolute atomic E-state index is 0.201. The Morgan fingerprint density at radius 1 is 1.32 bits per heavy atom. The van der Waals surface area contributed by atoms with E-state index in [1.165, 1.54) is 7.11 Å². The van der Waals surface area contributed by atoms with E-state index >= 15 is 0 Å². The van der Waals surface area contributed by atoms with Crippen LogP contribution in [-0.2, 0) is 14.3 Å². The molecule has 1 aromatic carbocycles. The van der Waals surface area contributed by atoms with Gasteiger partial charge in [-0.25, -0.2) is 0 Å². The molecule has 0 aromatic heterocycles. The molecule has 1 fully saturated rings. The molecule has 6 nitrogen and oxygen atoms in total. The number of imide groups is 1. The SMILES string of the molecule is CCOC(=O)CN1C(=O)S/C(=C/c2ccccc2OC)C1=O. The Hall–Kier alpha value is -2.28. The molecule has 1 heterocycles. The summed E-state index contributed by atoms with van der Waals surface area (Å²) in [5, 5.41) is -0.487. The molecule has 0 N–H and O–H groups in total. The maximum Gasteiger partial charge on any atom is 0.326 e. The summed E-state index contributed by atoms with van der Waals surface area (Å²) in [7, 11) is 1.53. The standard InChI is InChI=1S/C15H15NO5S/c1-3-21-13(17)9-16-14(18)12(22-15(16)19)8-10-6-4-5-7-11(10)20-2/h4-8H,3,9H2,1-2H3/b12-8+. The molecule has 0 saturated carbocycles. The van der Waals surface area contributed by atoms with E-state index in [9.17, 15) is 14.4 Å². The van der Waals surface area contributed by atoms with Crippen molar-refractivity contribution < 1.29 is 23.9 Å². The maximum atomic E-state index is 12.2. The van der Waals surface area contributed by atoms with Crippen molar-refractivity contribution in [2.24, 2.45) is 0 Å². The van der Waals surface area contributed by atoms with E-state index in [1.807, 2.05) is 6.07 Å². The van der Waals surface area contributed by atoms with Crippen LogP contribution in [0, 0.1) is 0 Å². The molecule has 1 aliphatic rings. The number of carbonyl (C=O) groups is 3. The Morgan fingerprint density at radius 3 is 2.73 bits per heavy atom. The average molecular weight is 321 g/mol. The van der Waals surface area contributed by atoms with Gasteiger partial charge in [0.2, 0.25) is 0 Å². The molecule has 1 aromatic rings. The van der Waals surface area contributed by atoms with Gasteiger partial charge in [0, 0.05) is 5.56 Å². The highest BCUT2D eigenvalue weighted by molar-refractivity contribution is 8.18. The first-order valence-corrected chi connectivity index (χ1v) is 7.42. The van der Waals surface area contributed by atoms with Crippen molar-refractivity contribution in [2.45, 2.75) is 6.92 Å². The fraction of sp³-hybridized carbons (Fsp3) is 0.267. The zero-order chi connectivity index (χ0) is 16.1. The minimum Gasteiger partial charge on any atom is -0.496 e. The highest BCUT2D eigenvalue weighted by Gasteiger charge is 2.36. The first kappa shape index (κ1) is 16.1. The zero-order valence-corrected chi connectivity index (χ0v) is 13.0. The molecule has 22 heavy (non-hydrogen) atoms. The molecular weight excluding hydrogens is 306 g/mol. The van der Waals surface area contributed by atoms with Crippen LogP contribution in [0.1, 0.15) is 12.5 Å². The summed E-state index contributed by atoms with van der Waals surface area (Å²) in [6, 6.07) is 7.15. The Morgan fingerprint density at radius 2 is 2.05 bits per heavy atom. The Balaban J connectivity index is 2.20. The molecule has 2 rings (SSSR count). The smallest absolute Gasteiger partial charge is 0.326 e. The fourth-order valence-corrected chi connectivity index (χ4v) is 2.73. The van der Waals surface area contributed by atoms with Gasteiger partial charge in [0.1, 0.15) is 12.3 Å². The number of nitrogens with zero attached hydrogens (tertiary/aromatic N) is 1. The first-order chi connectivity index (χ1) is 10.6. The van der Waals surface area contributed by atoms with Gasteiger partial charge in [0.05, 0.1) is 18.6 Å². The molecule has 116 valence electrons. The van der Waals surface area contributed by atoms with Crippen molar-refractivity contribution >= 4 is 35.0 Å². The summed E-state index contributed by atoms with van der Waals surface area (Å²) >= 11 is 0.791. The zero-order valence-electron chi connectivity index (χ0n) is 12.2. The predicted molar refractivity (Wildman–Crippen MR) is 82.3 cm³/mol. The molecular formula is C15H15NO5S. The lowest BCUT2D eigenvalue weighted by molar-refractivity contribution is -0.145. The second-order valence-electron chi connectivity index (χ2n) is 4.31. The van der Waals surface area contributed by atoms with Gasteiger partial charge in [-0.2, -0.15) is 0 Å². The van der Waals surface area contributed by atoms with Crippen LogP contribution in [0.3, 0.4) is 0 Å². The van der Waals surface area contributed by atoms with E-state index in [-0.39, 0.29) is 18.1 Å². The van der Waals surface area contributed by atoms with Gasteiger partial charge in [-0.05, 0) is 30.8 Å². The van der Waals surface area contributed by atoms with Crippen LogP contribution in [0.5, 0.6) is 5.75 Å². The van der Waals surface area contributed by atoms with Crippen LogP contribution >= 0.6 is 11.8 Å². The first-order valence-electron chi connectivity index (χ1n) is 6.60. The second kappa shape index (κ2) is 7.13. The largest absolute Gasteiger partial charge is 0.496 e. The van der Waals surface area contributed by atoms with Crippen molar-refractivity contribution in [1.29, 1.82) is 0 Å². The van der Waals surface area contributed by atoms with Gasteiger partial charge in [0.25, 0.3) is 11.1 Å². The number of para-hydroxylation sites is 1. The van der Waals surface area contributed by atoms with Gasteiger partial charge in [-0.3, -0.25) is 19.3 Å². The summed E-state index contributed by atoms with van der Waals surface area (Å²) in [5.41, 5.74) is 0.687. The quantitative estimate of drug-likeness (QED) is 0.612. The molecule has 7 heteroatoms. The topological polar surface area (TPSA) is 72.9 Å². The van der Waals surface area contributed by atoms with Crippen LogP contribution in [0.2, 0.25) is 0 Å². The van der Waals surface area contributed by atoms with Crippen molar-refractivity contribution in [1.82, 2.24) is 4.90 Å². The lowest BCUT2D eigenvalue weighted by atomic mass is 10.2. The summed E-state index contributed by atoms with van der Waals surface area (Å²) in [6.45, 7) is 1.49. The van der Waals surface area contributed by atoms with Crippen LogP contribution in [0.15, 0.2) is 29.2 Å². The third kappa shape index (κ3) is 3.48. The third-order valence-electron chi connectivity index (χ3n) is 2.89. The number of ether oxygens (including phenoxy) is 2. The number of amides is 2. The molecule has 0 spiro atoms. The average Bonchev–Trinajstić information content (AvgIpc) is 2.76. The molecule has 0 bridgehead atoms. The van der Waals surface area contributed by atoms with Gasteiger partial charge in [0.15, 0.2) is 0 Å². The van der Waals surface area contributed by atoms with Gasteiger partial charge >= 0.3 is 5.97 Å². The van der Waals surface area contributed by atoms with Gasteiger partial charge in [-0.15, -0.1) is 0 Å². The molecule has 0 unspecified atom stereocenters. The fourth-order valence-electron chi connectivity index (χ4n) is 1.90. The molecule has 0 aliphatic carbocycles. The summed E-state index contributed by atoms with van der Waals surface area (Å²) < 4.78 is 9.96. The summed E-state index contributed by atoms with van der Waals surface area (Å²) in [5.74, 6) is -0.517. The molecule has 1 aliphatic heterocycles. The molecule has 1 saturated heterocycles. The monoisotopic (exact) mass is 321 g/mol. The highest BCUT2D eigenvalue weighted by atomic mass is 32.2. The lowest BCUT2D eigenvalue weighted by Crippen LogP contribution is -2.34. The van der Waals surface area contributed by atoms with Crippen LogP contribution in [0.4, 0.5) is 4.79 Å². The van der Waals surface area contributed by atoms with E-state index in [2.05, 4.69) is 0 Å². The Bertz CT molecular complexity index is 641. The molecule has 0 radical (unpaired) electrons. The number of benzene rings is 1. The number of carbonyl (C=O) groups excluding carboxylic acids is 3. The van der Waals surface area contributed by atoms with Crippen molar-refractivity contribution in [3.63, 3.8) is 0 Å². The number of hydrogen-bond donors (Lipinski definition) is 0. The van der Waals surface area contributed by atoms with Crippen molar-refractivity contribution in [2.75, 3.05) is 20.3 Å². The Labute approximate surface area is 132 Å². The minimum atomic E-state index is -0.608. The summed E-state index contributed by atoms with van der Waals surface area (Å²) in [4.78, 5) is 36.7. The van der Waals surface area contributed by atoms with Crippen molar-refractivity contribution in [3.8, 4) is 5.75 Å². The van der Waals surface area contributed by atoms with E-state index < -0.39 is 17.1 Å². The number of thioether (sulfide) groups is 1. The van der Waals surface area contributed by atoms with E-state index in [1.54, 1.807) is 31.2 Å². The Kier molecular flexibility index (Phi) is 5.21.